The van der Waals surface area contributed by atoms with Gasteiger partial charge in [-0.25, -0.2) is 4.79 Å². The molecular formula is C17H23NO4. The van der Waals surface area contributed by atoms with Crippen LogP contribution in [0.15, 0.2) is 35.9 Å². The zero-order chi connectivity index (χ0) is 16.5. The van der Waals surface area contributed by atoms with Gasteiger partial charge in [0.2, 0.25) is 0 Å². The molecule has 1 atom stereocenters. The number of nitrogens with zero attached hydrogens (tertiary/aromatic N) is 1. The standard InChI is InChI=1S/C17H23NO4/c1-13(2)5-4-6-14(3)11-12-22-17(19)15-7-9-16(10-8-15)18(20)21/h5,7-10,14H,4,6,11-12H2,1-3H3/t14-/m0/s1. The molecule has 0 fully saturated rings. The third kappa shape index (κ3) is 6.52. The van der Waals surface area contributed by atoms with E-state index < -0.39 is 10.9 Å². The van der Waals surface area contributed by atoms with Crippen LogP contribution in [0.4, 0.5) is 5.69 Å². The lowest BCUT2D eigenvalue weighted by molar-refractivity contribution is -0.384. The number of allylic oxidation sites excluding steroid dienone is 2. The molecule has 0 aliphatic carbocycles. The quantitative estimate of drug-likeness (QED) is 0.306. The van der Waals surface area contributed by atoms with Gasteiger partial charge in [-0.15, -0.1) is 0 Å². The van der Waals surface area contributed by atoms with Crippen molar-refractivity contribution in [2.75, 3.05) is 6.61 Å². The van der Waals surface area contributed by atoms with Crippen molar-refractivity contribution in [1.82, 2.24) is 0 Å². The second-order valence-electron chi connectivity index (χ2n) is 5.69. The summed E-state index contributed by atoms with van der Waals surface area (Å²) in [7, 11) is 0. The molecule has 120 valence electrons. The number of ether oxygens (including phenoxy) is 1. The van der Waals surface area contributed by atoms with E-state index in [0.717, 1.165) is 19.3 Å². The molecule has 5 nitrogen and oxygen atoms in total. The van der Waals surface area contributed by atoms with Crippen LogP contribution < -0.4 is 0 Å². The number of nitro benzene ring substituents is 1. The van der Waals surface area contributed by atoms with Crippen LogP contribution in [0.5, 0.6) is 0 Å². The van der Waals surface area contributed by atoms with Crippen molar-refractivity contribution >= 4 is 11.7 Å². The Hall–Kier alpha value is -2.17. The largest absolute Gasteiger partial charge is 0.462 e. The Morgan fingerprint density at radius 1 is 1.27 bits per heavy atom. The van der Waals surface area contributed by atoms with Crippen LogP contribution >= 0.6 is 0 Å². The van der Waals surface area contributed by atoms with E-state index in [-0.39, 0.29) is 5.69 Å². The first-order valence-corrected chi connectivity index (χ1v) is 7.45. The van der Waals surface area contributed by atoms with E-state index >= 15 is 0 Å². The van der Waals surface area contributed by atoms with E-state index in [1.807, 2.05) is 0 Å². The highest BCUT2D eigenvalue weighted by atomic mass is 16.6. The molecule has 1 aromatic carbocycles. The molecule has 0 saturated carbocycles. The van der Waals surface area contributed by atoms with Gasteiger partial charge in [0.15, 0.2) is 0 Å². The lowest BCUT2D eigenvalue weighted by atomic mass is 10.0. The molecule has 1 rings (SSSR count). The van der Waals surface area contributed by atoms with Crippen molar-refractivity contribution in [1.29, 1.82) is 0 Å². The van der Waals surface area contributed by atoms with Crippen LogP contribution in [0, 0.1) is 16.0 Å². The van der Waals surface area contributed by atoms with Gasteiger partial charge in [0, 0.05) is 12.1 Å². The van der Waals surface area contributed by atoms with E-state index in [0.29, 0.717) is 18.1 Å². The Balaban J connectivity index is 2.33. The Kier molecular flexibility index (Phi) is 7.29. The maximum atomic E-state index is 11.8. The topological polar surface area (TPSA) is 69.4 Å². The fraction of sp³-hybridized carbons (Fsp3) is 0.471. The molecule has 0 radical (unpaired) electrons. The third-order valence-electron chi connectivity index (χ3n) is 3.37. The summed E-state index contributed by atoms with van der Waals surface area (Å²) < 4.78 is 5.20. The van der Waals surface area contributed by atoms with Crippen LogP contribution in [0.2, 0.25) is 0 Å². The Morgan fingerprint density at radius 2 is 1.91 bits per heavy atom. The van der Waals surface area contributed by atoms with E-state index in [1.54, 1.807) is 0 Å². The highest BCUT2D eigenvalue weighted by molar-refractivity contribution is 5.89. The normalized spacial score (nSPS) is 11.6. The first-order valence-electron chi connectivity index (χ1n) is 7.45. The fourth-order valence-corrected chi connectivity index (χ4v) is 1.96. The summed E-state index contributed by atoms with van der Waals surface area (Å²) >= 11 is 0. The van der Waals surface area contributed by atoms with Crippen LogP contribution in [0.25, 0.3) is 0 Å². The van der Waals surface area contributed by atoms with Gasteiger partial charge >= 0.3 is 5.97 Å². The molecule has 0 saturated heterocycles. The number of hydrogen-bond donors (Lipinski definition) is 0. The molecule has 0 unspecified atom stereocenters. The van der Waals surface area contributed by atoms with Gasteiger partial charge < -0.3 is 4.74 Å². The SMILES string of the molecule is CC(C)=CCC[C@H](C)CCOC(=O)c1ccc([N+](=O)[O-])cc1. The highest BCUT2D eigenvalue weighted by Gasteiger charge is 2.11. The summed E-state index contributed by atoms with van der Waals surface area (Å²) in [5, 5.41) is 10.5. The van der Waals surface area contributed by atoms with Crippen LogP contribution in [0.3, 0.4) is 0 Å². The van der Waals surface area contributed by atoms with Gasteiger partial charge in [0.1, 0.15) is 0 Å². The van der Waals surface area contributed by atoms with Gasteiger partial charge in [0.05, 0.1) is 17.1 Å². The summed E-state index contributed by atoms with van der Waals surface area (Å²) in [6.45, 7) is 6.66. The van der Waals surface area contributed by atoms with Gasteiger partial charge in [-0.3, -0.25) is 10.1 Å². The molecule has 0 aliphatic heterocycles. The molecule has 1 aromatic rings. The zero-order valence-corrected chi connectivity index (χ0v) is 13.4. The number of carbonyl (C=O) groups is 1. The number of rotatable bonds is 8. The molecule has 5 heteroatoms. The third-order valence-corrected chi connectivity index (χ3v) is 3.37. The smallest absolute Gasteiger partial charge is 0.338 e. The Labute approximate surface area is 131 Å². The van der Waals surface area contributed by atoms with Gasteiger partial charge in [0.25, 0.3) is 5.69 Å². The average Bonchev–Trinajstić information content (AvgIpc) is 2.46. The summed E-state index contributed by atoms with van der Waals surface area (Å²) in [4.78, 5) is 21.9. The Morgan fingerprint density at radius 3 is 2.45 bits per heavy atom. The highest BCUT2D eigenvalue weighted by Crippen LogP contribution is 2.14. The number of benzene rings is 1. The maximum absolute atomic E-state index is 11.8. The summed E-state index contributed by atoms with van der Waals surface area (Å²) in [5.74, 6) is 0.0478. The lowest BCUT2D eigenvalue weighted by Gasteiger charge is -2.10. The van der Waals surface area contributed by atoms with E-state index in [1.165, 1.54) is 29.8 Å². The number of hydrogen-bond acceptors (Lipinski definition) is 4. The molecule has 0 bridgehead atoms. The Bertz CT molecular complexity index is 530. The van der Waals surface area contributed by atoms with Gasteiger partial charge in [-0.2, -0.15) is 0 Å². The molecule has 0 aromatic heterocycles. The van der Waals surface area contributed by atoms with Crippen LogP contribution in [0.1, 0.15) is 50.4 Å². The average molecular weight is 305 g/mol. The summed E-state index contributed by atoms with van der Waals surface area (Å²) in [5.41, 5.74) is 1.61. The van der Waals surface area contributed by atoms with Crippen LogP contribution in [-0.2, 0) is 4.74 Å². The second kappa shape index (κ2) is 8.97. The number of carbonyl (C=O) groups excluding carboxylic acids is 1. The van der Waals surface area contributed by atoms with Crippen molar-refractivity contribution in [3.05, 3.63) is 51.6 Å². The molecular weight excluding hydrogens is 282 g/mol. The zero-order valence-electron chi connectivity index (χ0n) is 13.4. The first-order chi connectivity index (χ1) is 10.4. The minimum atomic E-state index is -0.497. The van der Waals surface area contributed by atoms with Crippen LogP contribution in [-0.4, -0.2) is 17.5 Å². The second-order valence-corrected chi connectivity index (χ2v) is 5.69. The number of nitro groups is 1. The molecule has 0 amide bonds. The van der Waals surface area contributed by atoms with Crippen molar-refractivity contribution in [3.8, 4) is 0 Å². The molecule has 22 heavy (non-hydrogen) atoms. The van der Waals surface area contributed by atoms with Gasteiger partial charge in [-0.1, -0.05) is 18.6 Å². The van der Waals surface area contributed by atoms with Gasteiger partial charge in [-0.05, 0) is 51.2 Å². The van der Waals surface area contributed by atoms with E-state index in [9.17, 15) is 14.9 Å². The predicted octanol–water partition coefficient (Wildman–Crippen LogP) is 4.52. The minimum absolute atomic E-state index is 0.0376. The van der Waals surface area contributed by atoms with E-state index in [4.69, 9.17) is 4.74 Å². The number of non-ortho nitro benzene ring substituents is 1. The summed E-state index contributed by atoms with van der Waals surface area (Å²) in [6.07, 6.45) is 5.13. The van der Waals surface area contributed by atoms with Crippen molar-refractivity contribution in [3.63, 3.8) is 0 Å². The lowest BCUT2D eigenvalue weighted by Crippen LogP contribution is -2.09. The van der Waals surface area contributed by atoms with Crippen molar-refractivity contribution in [2.45, 2.75) is 40.0 Å². The fourth-order valence-electron chi connectivity index (χ4n) is 1.96. The van der Waals surface area contributed by atoms with Crippen molar-refractivity contribution < 1.29 is 14.5 Å². The molecule has 0 N–H and O–H groups in total. The van der Waals surface area contributed by atoms with Crippen molar-refractivity contribution in [2.24, 2.45) is 5.92 Å². The molecule has 0 heterocycles. The van der Waals surface area contributed by atoms with E-state index in [2.05, 4.69) is 26.8 Å². The first kappa shape index (κ1) is 17.9. The number of esters is 1. The minimum Gasteiger partial charge on any atom is -0.462 e. The predicted molar refractivity (Wildman–Crippen MR) is 85.8 cm³/mol. The monoisotopic (exact) mass is 305 g/mol. The maximum Gasteiger partial charge on any atom is 0.338 e. The molecule has 0 aliphatic rings. The summed E-state index contributed by atoms with van der Waals surface area (Å²) in [6, 6.07) is 5.44. The molecule has 0 spiro atoms.